The first-order chi connectivity index (χ1) is 15.1. The van der Waals surface area contributed by atoms with Crippen molar-refractivity contribution in [3.63, 3.8) is 0 Å². The van der Waals surface area contributed by atoms with Gasteiger partial charge in [0.05, 0.1) is 11.3 Å². The van der Waals surface area contributed by atoms with Crippen molar-refractivity contribution in [1.29, 1.82) is 0 Å². The Labute approximate surface area is 200 Å². The van der Waals surface area contributed by atoms with Crippen LogP contribution in [0.4, 0.5) is 5.13 Å². The number of para-hydroxylation sites is 1. The molecule has 0 saturated heterocycles. The minimum Gasteiger partial charge on any atom is -0.492 e. The van der Waals surface area contributed by atoms with Crippen LogP contribution < -0.4 is 9.64 Å². The van der Waals surface area contributed by atoms with Crippen molar-refractivity contribution >= 4 is 45.0 Å². The number of ether oxygens (including phenoxy) is 1. The fourth-order valence-electron chi connectivity index (χ4n) is 4.15. The van der Waals surface area contributed by atoms with E-state index in [-0.39, 0.29) is 18.3 Å². The standard InChI is InChI=1S/C25H31N3O2S.ClH/c1-4-30-21-11-7-12-22-23(21)26-25(31-22)28(16-8-15-27(2)3)24(29)20-14-13-18-9-5-6-10-19(18)17-20;/h7,11-14,17H,4-6,8-10,15-16H2,1-3H3;1H. The molecule has 3 aromatic rings. The van der Waals surface area contributed by atoms with E-state index in [1.54, 1.807) is 11.3 Å². The van der Waals surface area contributed by atoms with Gasteiger partial charge >= 0.3 is 0 Å². The lowest BCUT2D eigenvalue weighted by atomic mass is 9.90. The average molecular weight is 474 g/mol. The largest absolute Gasteiger partial charge is 0.492 e. The van der Waals surface area contributed by atoms with E-state index in [4.69, 9.17) is 9.72 Å². The van der Waals surface area contributed by atoms with Crippen molar-refractivity contribution in [3.8, 4) is 5.75 Å². The number of hydrogen-bond acceptors (Lipinski definition) is 5. The van der Waals surface area contributed by atoms with Crippen molar-refractivity contribution in [3.05, 3.63) is 53.1 Å². The number of halogens is 1. The highest BCUT2D eigenvalue weighted by atomic mass is 35.5. The van der Waals surface area contributed by atoms with Crippen LogP contribution in [0.25, 0.3) is 10.2 Å². The van der Waals surface area contributed by atoms with Crippen LogP contribution in [0.15, 0.2) is 36.4 Å². The SMILES string of the molecule is CCOc1cccc2sc(N(CCCN(C)C)C(=O)c3ccc4c(c3)CCCC4)nc12.Cl. The summed E-state index contributed by atoms with van der Waals surface area (Å²) >= 11 is 1.56. The van der Waals surface area contributed by atoms with Crippen molar-refractivity contribution in [2.75, 3.05) is 38.7 Å². The molecule has 0 spiro atoms. The van der Waals surface area contributed by atoms with Crippen LogP contribution in [0, 0.1) is 0 Å². The first-order valence-corrected chi connectivity index (χ1v) is 12.0. The third-order valence-corrected chi connectivity index (χ3v) is 6.77. The van der Waals surface area contributed by atoms with E-state index in [1.165, 1.54) is 24.0 Å². The van der Waals surface area contributed by atoms with Crippen molar-refractivity contribution < 1.29 is 9.53 Å². The Morgan fingerprint density at radius 1 is 1.09 bits per heavy atom. The minimum absolute atomic E-state index is 0. The van der Waals surface area contributed by atoms with Crippen LogP contribution in [0.5, 0.6) is 5.75 Å². The Kier molecular flexibility index (Phi) is 8.51. The number of amides is 1. The monoisotopic (exact) mass is 473 g/mol. The molecular weight excluding hydrogens is 442 g/mol. The van der Waals surface area contributed by atoms with Crippen LogP contribution in [0.2, 0.25) is 0 Å². The Bertz CT molecular complexity index is 1070. The van der Waals surface area contributed by atoms with Gasteiger partial charge in [-0.25, -0.2) is 4.98 Å². The van der Waals surface area contributed by atoms with Crippen molar-refractivity contribution in [2.24, 2.45) is 0 Å². The lowest BCUT2D eigenvalue weighted by Crippen LogP contribution is -2.33. The molecule has 172 valence electrons. The van der Waals surface area contributed by atoms with Gasteiger partial charge in [-0.3, -0.25) is 9.69 Å². The summed E-state index contributed by atoms with van der Waals surface area (Å²) in [5, 5.41) is 0.739. The lowest BCUT2D eigenvalue weighted by Gasteiger charge is -2.22. The van der Waals surface area contributed by atoms with Crippen LogP contribution in [0.3, 0.4) is 0 Å². The molecule has 4 rings (SSSR count). The van der Waals surface area contributed by atoms with Gasteiger partial charge in [-0.05, 0) is 95.1 Å². The van der Waals surface area contributed by atoms with Gasteiger partial charge in [0.15, 0.2) is 5.13 Å². The molecule has 1 aliphatic rings. The number of aromatic nitrogens is 1. The maximum Gasteiger partial charge on any atom is 0.260 e. The molecular formula is C25H32ClN3O2S. The molecule has 1 amide bonds. The number of aryl methyl sites for hydroxylation is 2. The minimum atomic E-state index is 0. The summed E-state index contributed by atoms with van der Waals surface area (Å²) in [6.45, 7) is 4.12. The van der Waals surface area contributed by atoms with Gasteiger partial charge in [-0.15, -0.1) is 12.4 Å². The van der Waals surface area contributed by atoms with Crippen LogP contribution >= 0.6 is 23.7 Å². The van der Waals surface area contributed by atoms with E-state index in [2.05, 4.69) is 31.1 Å². The smallest absolute Gasteiger partial charge is 0.260 e. The van der Waals surface area contributed by atoms with E-state index in [9.17, 15) is 4.79 Å². The zero-order valence-electron chi connectivity index (χ0n) is 19.1. The molecule has 0 atom stereocenters. The number of carbonyl (C=O) groups is 1. The predicted octanol–water partition coefficient (Wildman–Crippen LogP) is 5.59. The van der Waals surface area contributed by atoms with Crippen LogP contribution in [-0.4, -0.2) is 49.6 Å². The number of rotatable bonds is 8. The highest BCUT2D eigenvalue weighted by molar-refractivity contribution is 7.22. The summed E-state index contributed by atoms with van der Waals surface area (Å²) < 4.78 is 6.80. The normalized spacial score (nSPS) is 13.0. The summed E-state index contributed by atoms with van der Waals surface area (Å²) in [6.07, 6.45) is 5.52. The van der Waals surface area contributed by atoms with Gasteiger partial charge in [-0.2, -0.15) is 0 Å². The van der Waals surface area contributed by atoms with Crippen LogP contribution in [0.1, 0.15) is 47.7 Å². The number of fused-ring (bicyclic) bond motifs is 2. The van der Waals surface area contributed by atoms with Gasteiger partial charge in [0.25, 0.3) is 5.91 Å². The highest BCUT2D eigenvalue weighted by Crippen LogP contribution is 2.35. The molecule has 0 radical (unpaired) electrons. The summed E-state index contributed by atoms with van der Waals surface area (Å²) in [6, 6.07) is 12.2. The van der Waals surface area contributed by atoms with Crippen molar-refractivity contribution in [2.45, 2.75) is 39.0 Å². The molecule has 7 heteroatoms. The lowest BCUT2D eigenvalue weighted by molar-refractivity contribution is 0.0986. The van der Waals surface area contributed by atoms with Gasteiger partial charge in [-0.1, -0.05) is 23.5 Å². The van der Waals surface area contributed by atoms with Gasteiger partial charge in [0.1, 0.15) is 11.3 Å². The average Bonchev–Trinajstić information content (AvgIpc) is 3.21. The van der Waals surface area contributed by atoms with Crippen LogP contribution in [-0.2, 0) is 12.8 Å². The maximum absolute atomic E-state index is 13.6. The van der Waals surface area contributed by atoms with E-state index >= 15 is 0 Å². The third-order valence-electron chi connectivity index (χ3n) is 5.73. The number of anilines is 1. The van der Waals surface area contributed by atoms with E-state index in [0.29, 0.717) is 13.2 Å². The fourth-order valence-corrected chi connectivity index (χ4v) is 5.16. The molecule has 1 aromatic heterocycles. The first-order valence-electron chi connectivity index (χ1n) is 11.2. The number of nitrogens with zero attached hydrogens (tertiary/aromatic N) is 3. The van der Waals surface area contributed by atoms with Gasteiger partial charge in [0.2, 0.25) is 0 Å². The van der Waals surface area contributed by atoms with Gasteiger partial charge in [0, 0.05) is 12.1 Å². The molecule has 0 saturated carbocycles. The molecule has 5 nitrogen and oxygen atoms in total. The summed E-state index contributed by atoms with van der Waals surface area (Å²) in [7, 11) is 4.11. The molecule has 0 bridgehead atoms. The second kappa shape index (κ2) is 11.1. The molecule has 1 heterocycles. The van der Waals surface area contributed by atoms with Crippen molar-refractivity contribution in [1.82, 2.24) is 9.88 Å². The Balaban J connectivity index is 0.00000289. The second-order valence-corrected chi connectivity index (χ2v) is 9.35. The molecule has 1 aliphatic carbocycles. The predicted molar refractivity (Wildman–Crippen MR) is 136 cm³/mol. The zero-order valence-corrected chi connectivity index (χ0v) is 20.7. The van der Waals surface area contributed by atoms with E-state index in [0.717, 1.165) is 52.5 Å². The number of thiazole rings is 1. The maximum atomic E-state index is 13.6. The number of hydrogen-bond donors (Lipinski definition) is 0. The third kappa shape index (κ3) is 5.42. The molecule has 0 N–H and O–H groups in total. The fraction of sp³-hybridized carbons (Fsp3) is 0.440. The van der Waals surface area contributed by atoms with Gasteiger partial charge < -0.3 is 9.64 Å². The molecule has 0 aliphatic heterocycles. The number of benzene rings is 2. The highest BCUT2D eigenvalue weighted by Gasteiger charge is 2.23. The van der Waals surface area contributed by atoms with E-state index in [1.807, 2.05) is 36.1 Å². The molecule has 0 fully saturated rings. The van der Waals surface area contributed by atoms with E-state index < -0.39 is 0 Å². The molecule has 32 heavy (non-hydrogen) atoms. The Morgan fingerprint density at radius 2 is 1.88 bits per heavy atom. The number of carbonyl (C=O) groups excluding carboxylic acids is 1. The summed E-state index contributed by atoms with van der Waals surface area (Å²) in [5.41, 5.74) is 4.31. The zero-order chi connectivity index (χ0) is 21.8. The Hall–Kier alpha value is -2.15. The topological polar surface area (TPSA) is 45.7 Å². The summed E-state index contributed by atoms with van der Waals surface area (Å²) in [4.78, 5) is 22.5. The Morgan fingerprint density at radius 3 is 2.62 bits per heavy atom. The quantitative estimate of drug-likeness (QED) is 0.427. The first kappa shape index (κ1) is 24.5. The molecule has 0 unspecified atom stereocenters. The summed E-state index contributed by atoms with van der Waals surface area (Å²) in [5.74, 6) is 0.807. The second-order valence-electron chi connectivity index (χ2n) is 8.34. The molecule has 2 aromatic carbocycles.